The van der Waals surface area contributed by atoms with Crippen LogP contribution < -0.4 is 34.7 Å². The SMILES string of the molecule is CC(SC1c2cc(/C=C/c3ccc4cc(F)c(F)cc4n3)ccc2C=Cc2ncccc21)C(=O)[O-].[Na+]. The van der Waals surface area contributed by atoms with Crippen LogP contribution in [0, 0.1) is 11.6 Å². The molecular weight excluding hydrogens is 489 g/mol. The van der Waals surface area contributed by atoms with Gasteiger partial charge in [0, 0.05) is 22.9 Å². The molecule has 2 unspecified atom stereocenters. The number of nitrogens with zero attached hydrogens (tertiary/aromatic N) is 2. The summed E-state index contributed by atoms with van der Waals surface area (Å²) in [5.41, 5.74) is 5.55. The summed E-state index contributed by atoms with van der Waals surface area (Å²) in [5.74, 6) is -2.96. The number of halogens is 2. The number of carboxylic acids is 1. The maximum atomic E-state index is 13.6. The first-order valence-corrected chi connectivity index (χ1v) is 11.9. The van der Waals surface area contributed by atoms with Crippen LogP contribution in [0.15, 0.2) is 60.8 Å². The number of benzene rings is 2. The molecule has 0 spiro atoms. The van der Waals surface area contributed by atoms with Crippen molar-refractivity contribution in [3.8, 4) is 0 Å². The molecule has 0 radical (unpaired) electrons. The van der Waals surface area contributed by atoms with Gasteiger partial charge >= 0.3 is 29.6 Å². The molecule has 1 aliphatic carbocycles. The number of carbonyl (C=O) groups excluding carboxylic acids is 1. The van der Waals surface area contributed by atoms with Crippen molar-refractivity contribution in [1.29, 1.82) is 0 Å². The third-order valence-corrected chi connectivity index (χ3v) is 7.22. The van der Waals surface area contributed by atoms with Crippen molar-refractivity contribution in [2.45, 2.75) is 17.4 Å². The van der Waals surface area contributed by atoms with Gasteiger partial charge in [0.25, 0.3) is 0 Å². The minimum Gasteiger partial charge on any atom is -0.549 e. The number of carboxylic acid groups (broad SMARTS) is 1. The van der Waals surface area contributed by atoms with Crippen LogP contribution in [0.4, 0.5) is 8.78 Å². The fourth-order valence-electron chi connectivity index (χ4n) is 4.02. The van der Waals surface area contributed by atoms with Crippen molar-refractivity contribution >= 4 is 52.9 Å². The minimum absolute atomic E-state index is 0. The average molecular weight is 509 g/mol. The number of rotatable bonds is 5. The maximum absolute atomic E-state index is 13.6. The van der Waals surface area contributed by atoms with Crippen molar-refractivity contribution in [3.05, 3.63) is 106 Å². The van der Waals surface area contributed by atoms with Gasteiger partial charge in [-0.3, -0.25) is 4.98 Å². The van der Waals surface area contributed by atoms with Crippen LogP contribution in [0.2, 0.25) is 0 Å². The van der Waals surface area contributed by atoms with Crippen LogP contribution in [0.1, 0.15) is 45.8 Å². The summed E-state index contributed by atoms with van der Waals surface area (Å²) in [4.78, 5) is 20.4. The number of thioether (sulfide) groups is 1. The van der Waals surface area contributed by atoms with Crippen LogP contribution >= 0.6 is 11.8 Å². The first kappa shape index (κ1) is 26.2. The topological polar surface area (TPSA) is 65.9 Å². The van der Waals surface area contributed by atoms with Gasteiger partial charge in [0.2, 0.25) is 0 Å². The van der Waals surface area contributed by atoms with Gasteiger partial charge in [-0.15, -0.1) is 11.8 Å². The van der Waals surface area contributed by atoms with Crippen molar-refractivity contribution in [3.63, 3.8) is 0 Å². The predicted octanol–water partition coefficient (Wildman–Crippen LogP) is 2.53. The molecule has 4 aromatic rings. The number of aliphatic carboxylic acids is 1. The predicted molar refractivity (Wildman–Crippen MR) is 134 cm³/mol. The van der Waals surface area contributed by atoms with Gasteiger partial charge in [-0.1, -0.05) is 36.4 Å². The van der Waals surface area contributed by atoms with Gasteiger partial charge in [-0.2, -0.15) is 0 Å². The Morgan fingerprint density at radius 2 is 1.83 bits per heavy atom. The van der Waals surface area contributed by atoms with Crippen LogP contribution in [0.3, 0.4) is 0 Å². The first-order valence-electron chi connectivity index (χ1n) is 11.0. The van der Waals surface area contributed by atoms with E-state index in [0.29, 0.717) is 16.6 Å². The van der Waals surface area contributed by atoms with E-state index in [2.05, 4.69) is 9.97 Å². The Morgan fingerprint density at radius 1 is 1.03 bits per heavy atom. The molecule has 0 amide bonds. The Bertz CT molecular complexity index is 1520. The molecule has 0 fully saturated rings. The fraction of sp³-hybridized carbons (Fsp3) is 0.107. The second-order valence-electron chi connectivity index (χ2n) is 8.21. The molecule has 0 N–H and O–H groups in total. The van der Waals surface area contributed by atoms with Crippen LogP contribution in [0.25, 0.3) is 35.2 Å². The molecule has 2 aromatic carbocycles. The second-order valence-corrected chi connectivity index (χ2v) is 9.66. The molecule has 8 heteroatoms. The Hall–Kier alpha value is -2.84. The maximum Gasteiger partial charge on any atom is 1.00 e. The summed E-state index contributed by atoms with van der Waals surface area (Å²) in [5, 5.41) is 11.1. The van der Waals surface area contributed by atoms with Crippen LogP contribution in [0.5, 0.6) is 0 Å². The molecule has 2 heterocycles. The monoisotopic (exact) mass is 508 g/mol. The Balaban J connectivity index is 0.00000304. The third-order valence-electron chi connectivity index (χ3n) is 5.84. The van der Waals surface area contributed by atoms with E-state index < -0.39 is 22.9 Å². The molecule has 174 valence electrons. The zero-order valence-electron chi connectivity index (χ0n) is 19.6. The standard InChI is InChI=1S/C28H20F2N2O2S.Na/c1-16(28(33)34)35-27-21-3-2-12-31-25(21)11-8-18-6-4-17(13-22(18)27)5-9-20-10-7-19-14-23(29)24(30)15-26(19)32-20;/h2-16,27H,1H3,(H,33,34);/q;+1/p-1/b9-5+;. The number of hydrogen-bond acceptors (Lipinski definition) is 5. The Morgan fingerprint density at radius 3 is 2.64 bits per heavy atom. The van der Waals surface area contributed by atoms with E-state index in [-0.39, 0.29) is 34.8 Å². The van der Waals surface area contributed by atoms with Crippen LogP contribution in [-0.2, 0) is 4.79 Å². The van der Waals surface area contributed by atoms with Gasteiger partial charge in [-0.25, -0.2) is 13.8 Å². The van der Waals surface area contributed by atoms with Gasteiger partial charge in [-0.05, 0) is 65.6 Å². The molecule has 0 bridgehead atoms. The third kappa shape index (κ3) is 5.44. The number of fused-ring (bicyclic) bond motifs is 3. The summed E-state index contributed by atoms with van der Waals surface area (Å²) in [6, 6.07) is 15.4. The number of pyridine rings is 2. The smallest absolute Gasteiger partial charge is 0.549 e. The minimum atomic E-state index is -1.12. The van der Waals surface area contributed by atoms with Crippen molar-refractivity contribution in [2.24, 2.45) is 0 Å². The van der Waals surface area contributed by atoms with Crippen molar-refractivity contribution in [1.82, 2.24) is 9.97 Å². The van der Waals surface area contributed by atoms with Crippen LogP contribution in [-0.4, -0.2) is 21.2 Å². The van der Waals surface area contributed by atoms with E-state index >= 15 is 0 Å². The van der Waals surface area contributed by atoms with Gasteiger partial charge in [0.1, 0.15) is 0 Å². The zero-order chi connectivity index (χ0) is 24.5. The molecule has 4 nitrogen and oxygen atoms in total. The number of carbonyl (C=O) groups is 1. The largest absolute Gasteiger partial charge is 1.00 e. The number of hydrogen-bond donors (Lipinski definition) is 0. The Kier molecular flexibility index (Phi) is 8.05. The summed E-state index contributed by atoms with van der Waals surface area (Å²) in [6.07, 6.45) is 9.33. The van der Waals surface area contributed by atoms with Gasteiger partial charge < -0.3 is 9.90 Å². The number of aromatic nitrogens is 2. The van der Waals surface area contributed by atoms with E-state index in [0.717, 1.165) is 40.1 Å². The van der Waals surface area contributed by atoms with E-state index in [9.17, 15) is 18.7 Å². The molecule has 1 aliphatic rings. The Labute approximate surface area is 233 Å². The summed E-state index contributed by atoms with van der Waals surface area (Å²) >= 11 is 1.31. The van der Waals surface area contributed by atoms with E-state index in [1.165, 1.54) is 11.8 Å². The molecule has 0 aliphatic heterocycles. The quantitative estimate of drug-likeness (QED) is 0.388. The fourth-order valence-corrected chi connectivity index (χ4v) is 5.23. The molecule has 36 heavy (non-hydrogen) atoms. The van der Waals surface area contributed by atoms with Crippen molar-refractivity contribution in [2.75, 3.05) is 0 Å². The summed E-state index contributed by atoms with van der Waals surface area (Å²) in [7, 11) is 0. The van der Waals surface area contributed by atoms with Crippen molar-refractivity contribution < 1.29 is 48.2 Å². The molecule has 0 saturated carbocycles. The van der Waals surface area contributed by atoms with E-state index in [1.807, 2.05) is 48.6 Å². The van der Waals surface area contributed by atoms with E-state index in [4.69, 9.17) is 0 Å². The normalized spacial score (nSPS) is 15.1. The van der Waals surface area contributed by atoms with E-state index in [1.54, 1.807) is 31.3 Å². The van der Waals surface area contributed by atoms with Gasteiger partial charge in [0.05, 0.1) is 28.1 Å². The first-order chi connectivity index (χ1) is 16.9. The molecule has 2 aromatic heterocycles. The van der Waals surface area contributed by atoms with Gasteiger partial charge in [0.15, 0.2) is 11.6 Å². The molecule has 5 rings (SSSR count). The average Bonchev–Trinajstić information content (AvgIpc) is 3.00. The molecule has 0 saturated heterocycles. The molecule has 2 atom stereocenters. The second kappa shape index (κ2) is 11.0. The summed E-state index contributed by atoms with van der Waals surface area (Å²) in [6.45, 7) is 1.62. The summed E-state index contributed by atoms with van der Waals surface area (Å²) < 4.78 is 27.1. The molecular formula is C28H19F2N2NaO2S. The zero-order valence-corrected chi connectivity index (χ0v) is 22.4.